The van der Waals surface area contributed by atoms with Crippen LogP contribution in [0.25, 0.3) is 0 Å². The predicted octanol–water partition coefficient (Wildman–Crippen LogP) is 1.99. The van der Waals surface area contributed by atoms with E-state index in [-0.39, 0.29) is 26.0 Å². The first-order valence-corrected chi connectivity index (χ1v) is 2.79. The first kappa shape index (κ1) is 13.4. The number of nitrogens with zero attached hydrogens (tertiary/aromatic N) is 1. The molecule has 4 heteroatoms. The molecule has 1 aromatic rings. The van der Waals surface area contributed by atoms with Crippen LogP contribution in [0.5, 0.6) is 5.88 Å². The molecular weight excluding hydrogens is 200 g/mol. The predicted molar refractivity (Wildman–Crippen MR) is 41.0 cm³/mol. The first-order valence-electron chi connectivity index (χ1n) is 2.41. The summed E-state index contributed by atoms with van der Waals surface area (Å²) in [5, 5.41) is 0.496. The minimum absolute atomic E-state index is 0. The molecule has 0 aromatic carbocycles. The van der Waals surface area contributed by atoms with Gasteiger partial charge >= 0.3 is 18.6 Å². The zero-order valence-electron chi connectivity index (χ0n) is 6.34. The summed E-state index contributed by atoms with van der Waals surface area (Å²) in [4.78, 5) is 3.72. The summed E-state index contributed by atoms with van der Waals surface area (Å²) in [6, 6.07) is 3.35. The molecule has 59 valence electrons. The molecule has 0 atom stereocenters. The van der Waals surface area contributed by atoms with Crippen molar-refractivity contribution in [1.82, 2.24) is 4.98 Å². The van der Waals surface area contributed by atoms with Crippen molar-refractivity contribution in [2.45, 2.75) is 0 Å². The van der Waals surface area contributed by atoms with E-state index in [9.17, 15) is 0 Å². The molecule has 0 fully saturated rings. The Balaban J connectivity index is 0. The van der Waals surface area contributed by atoms with E-state index in [2.05, 4.69) is 11.2 Å². The quantitative estimate of drug-likeness (QED) is 0.659. The van der Waals surface area contributed by atoms with Gasteiger partial charge < -0.3 is 17.1 Å². The molecule has 0 aliphatic rings. The summed E-state index contributed by atoms with van der Waals surface area (Å²) in [6.45, 7) is 0. The smallest absolute Gasteiger partial charge is 0.538 e. The minimum atomic E-state index is 0. The normalized spacial score (nSPS) is 7.45. The Morgan fingerprint density at radius 3 is 2.55 bits per heavy atom. The zero-order valence-corrected chi connectivity index (χ0v) is 8.49. The molecule has 0 aliphatic heterocycles. The van der Waals surface area contributed by atoms with E-state index in [1.165, 1.54) is 0 Å². The Hall–Kier alpha value is -0.176. The average Bonchev–Trinajstić information content (AvgIpc) is 1.90. The summed E-state index contributed by atoms with van der Waals surface area (Å²) >= 11 is 5.50. The van der Waals surface area contributed by atoms with Crippen LogP contribution in [0.1, 0.15) is 0 Å². The van der Waals surface area contributed by atoms with Gasteiger partial charge in [-0.05, 0) is 0 Å². The van der Waals surface area contributed by atoms with E-state index in [1.54, 1.807) is 19.2 Å². The molecule has 0 bridgehead atoms. The molecule has 1 rings (SSSR count). The number of aromatic nitrogens is 1. The molecule has 1 aromatic heterocycles. The van der Waals surface area contributed by atoms with Crippen molar-refractivity contribution in [1.29, 1.82) is 0 Å². The van der Waals surface area contributed by atoms with Crippen molar-refractivity contribution in [3.05, 3.63) is 30.8 Å². The summed E-state index contributed by atoms with van der Waals surface area (Å²) in [7, 11) is 1.55. The second kappa shape index (κ2) is 6.53. The number of ether oxygens (including phenoxy) is 1. The Morgan fingerprint density at radius 2 is 2.18 bits per heavy atom. The number of rotatable bonds is 1. The number of hydrogen-bond acceptors (Lipinski definition) is 2. The molecule has 0 unspecified atom stereocenters. The molecule has 0 saturated heterocycles. The second-order valence-electron chi connectivity index (χ2n) is 1.45. The van der Waals surface area contributed by atoms with Crippen molar-refractivity contribution in [3.63, 3.8) is 0 Å². The Labute approximate surface area is 83.8 Å². The maximum absolute atomic E-state index is 5.50. The van der Waals surface area contributed by atoms with Gasteiger partial charge in [-0.15, -0.1) is 23.7 Å². The van der Waals surface area contributed by atoms with Gasteiger partial charge in [0.05, 0.1) is 13.0 Å². The Bertz CT molecular complexity index is 190. The molecule has 2 nitrogen and oxygen atoms in total. The summed E-state index contributed by atoms with van der Waals surface area (Å²) in [5.74, 6) is 0.527. The van der Waals surface area contributed by atoms with Gasteiger partial charge in [0.1, 0.15) is 0 Å². The van der Waals surface area contributed by atoms with E-state index in [4.69, 9.17) is 16.3 Å². The summed E-state index contributed by atoms with van der Waals surface area (Å²) in [5.41, 5.74) is 0. The fourth-order valence-corrected chi connectivity index (χ4v) is 0.546. The van der Waals surface area contributed by atoms with Gasteiger partial charge in [0, 0.05) is 0 Å². The van der Waals surface area contributed by atoms with Crippen LogP contribution in [-0.2, 0) is 18.6 Å². The summed E-state index contributed by atoms with van der Waals surface area (Å²) in [6.07, 6.45) is 2.54. The van der Waals surface area contributed by atoms with E-state index in [1.807, 2.05) is 0 Å². The molecular formula is C7H8ClNOV. The molecule has 0 saturated carbocycles. The van der Waals surface area contributed by atoms with Crippen LogP contribution in [0.2, 0.25) is 5.02 Å². The van der Waals surface area contributed by atoms with Gasteiger partial charge in [0.2, 0.25) is 0 Å². The first-order chi connectivity index (χ1) is 4.33. The van der Waals surface area contributed by atoms with E-state index in [0.717, 1.165) is 0 Å². The van der Waals surface area contributed by atoms with Crippen LogP contribution < -0.4 is 4.74 Å². The van der Waals surface area contributed by atoms with Crippen LogP contribution in [0, 0.1) is 13.6 Å². The molecule has 1 heterocycles. The van der Waals surface area contributed by atoms with Crippen molar-refractivity contribution in [3.8, 4) is 5.88 Å². The van der Waals surface area contributed by atoms with Gasteiger partial charge in [-0.1, -0.05) is 11.2 Å². The molecule has 11 heavy (non-hydrogen) atoms. The van der Waals surface area contributed by atoms with Crippen molar-refractivity contribution in [2.24, 2.45) is 0 Å². The SMILES string of the molecule is COc1ccc(Cl)[c-]n1.[CH3-].[V+2]. The monoisotopic (exact) mass is 208 g/mol. The van der Waals surface area contributed by atoms with Crippen LogP contribution >= 0.6 is 11.6 Å². The van der Waals surface area contributed by atoms with E-state index >= 15 is 0 Å². The van der Waals surface area contributed by atoms with Crippen LogP contribution in [0.3, 0.4) is 0 Å². The largest absolute Gasteiger partial charge is 2.00 e. The van der Waals surface area contributed by atoms with Crippen LogP contribution in [0.4, 0.5) is 0 Å². The minimum Gasteiger partial charge on any atom is -0.538 e. The van der Waals surface area contributed by atoms with Crippen molar-refractivity contribution >= 4 is 11.6 Å². The summed E-state index contributed by atoms with van der Waals surface area (Å²) < 4.78 is 4.77. The Kier molecular flexibility index (Phi) is 7.96. The maximum Gasteiger partial charge on any atom is 2.00 e. The number of pyridine rings is 1. The van der Waals surface area contributed by atoms with Crippen molar-refractivity contribution < 1.29 is 23.3 Å². The topological polar surface area (TPSA) is 22.1 Å². The fraction of sp³-hybridized carbons (Fsp3) is 0.143. The fourth-order valence-electron chi connectivity index (χ4n) is 0.441. The molecule has 0 spiro atoms. The van der Waals surface area contributed by atoms with Crippen LogP contribution in [-0.4, -0.2) is 12.1 Å². The van der Waals surface area contributed by atoms with Crippen molar-refractivity contribution in [2.75, 3.05) is 7.11 Å². The number of hydrogen-bond donors (Lipinski definition) is 0. The molecule has 0 N–H and O–H groups in total. The average molecular weight is 209 g/mol. The van der Waals surface area contributed by atoms with Gasteiger partial charge in [-0.2, -0.15) is 0 Å². The van der Waals surface area contributed by atoms with Gasteiger partial charge in [0.25, 0.3) is 0 Å². The number of methoxy groups -OCH3 is 1. The Morgan fingerprint density at radius 1 is 1.55 bits per heavy atom. The molecule has 0 amide bonds. The third kappa shape index (κ3) is 4.30. The van der Waals surface area contributed by atoms with E-state index in [0.29, 0.717) is 10.9 Å². The number of halogens is 1. The zero-order chi connectivity index (χ0) is 6.69. The van der Waals surface area contributed by atoms with Gasteiger partial charge in [-0.25, -0.2) is 0 Å². The van der Waals surface area contributed by atoms with Crippen LogP contribution in [0.15, 0.2) is 12.1 Å². The maximum atomic E-state index is 5.50. The standard InChI is InChI=1S/C6H5ClNO.CH3.V/c1-9-6-3-2-5(7)4-8-6;;/h2-3H,1H3;1H3;/q2*-1;+2. The molecule has 1 radical (unpaired) electrons. The second-order valence-corrected chi connectivity index (χ2v) is 1.85. The third-order valence-corrected chi connectivity index (χ3v) is 1.06. The van der Waals surface area contributed by atoms with Gasteiger partial charge in [-0.3, -0.25) is 0 Å². The van der Waals surface area contributed by atoms with E-state index < -0.39 is 0 Å². The molecule has 0 aliphatic carbocycles. The third-order valence-electron chi connectivity index (χ3n) is 0.854. The van der Waals surface area contributed by atoms with Gasteiger partial charge in [0.15, 0.2) is 0 Å².